The lowest BCUT2D eigenvalue weighted by atomic mass is 9.81. The number of hydrogen-bond donors (Lipinski definition) is 3. The van der Waals surface area contributed by atoms with Gasteiger partial charge in [0.2, 0.25) is 5.91 Å². The van der Waals surface area contributed by atoms with E-state index in [0.29, 0.717) is 19.1 Å². The molecule has 3 N–H and O–H groups in total. The van der Waals surface area contributed by atoms with Crippen molar-refractivity contribution in [1.82, 2.24) is 15.2 Å². The lowest BCUT2D eigenvalue weighted by molar-refractivity contribution is -0.193. The third-order valence-corrected chi connectivity index (χ3v) is 5.12. The average Bonchev–Trinajstić information content (AvgIpc) is 3.29. The molecule has 0 spiro atoms. The Bertz CT molecular complexity index is 846. The molecule has 3 heterocycles. The number of nitrogens with one attached hydrogen (secondary N) is 1. The molecule has 0 bridgehead atoms. The Labute approximate surface area is 201 Å². The number of hydrogen-bond acceptors (Lipinski definition) is 7. The number of nitrogens with zero attached hydrogens (tertiary/aromatic N) is 2. The average molecular weight is 533 g/mol. The van der Waals surface area contributed by atoms with Gasteiger partial charge in [0.25, 0.3) is 0 Å². The van der Waals surface area contributed by atoms with E-state index in [0.717, 1.165) is 26.2 Å². The standard InChI is InChI=1S/C16H23N3O3.2C2HF3O2/c1-21-9-15(20)18-10-16-11-19(7-14(16)8-22-12-16)6-13-3-2-4-17-5-13;2*3-2(4,5)1(6)7/h2-5,14H,6-12H2,1H3,(H,18,20);2*(H,6,7)/t14-,16+;;/m1../s1. The Morgan fingerprint density at radius 2 is 1.78 bits per heavy atom. The normalized spacial score (nSPS) is 21.4. The molecule has 1 aromatic rings. The SMILES string of the molecule is COCC(=O)NC[C@]12COC[C@H]1CN(Cc1cccnc1)C2.O=C(O)C(F)(F)F.O=C(O)C(F)(F)F. The third kappa shape index (κ3) is 10.3. The van der Waals surface area contributed by atoms with E-state index in [9.17, 15) is 31.1 Å². The van der Waals surface area contributed by atoms with Crippen LogP contribution in [0, 0.1) is 11.3 Å². The van der Waals surface area contributed by atoms with E-state index in [4.69, 9.17) is 29.3 Å². The zero-order chi connectivity index (χ0) is 27.6. The van der Waals surface area contributed by atoms with Crippen molar-refractivity contribution in [1.29, 1.82) is 0 Å². The number of methoxy groups -OCH3 is 1. The van der Waals surface area contributed by atoms with Crippen molar-refractivity contribution in [3.8, 4) is 0 Å². The number of rotatable bonds is 6. The van der Waals surface area contributed by atoms with Gasteiger partial charge in [-0.2, -0.15) is 26.3 Å². The Morgan fingerprint density at radius 3 is 2.25 bits per heavy atom. The maximum Gasteiger partial charge on any atom is 0.490 e. The van der Waals surface area contributed by atoms with Gasteiger partial charge in [-0.1, -0.05) is 6.07 Å². The Balaban J connectivity index is 0.000000383. The quantitative estimate of drug-likeness (QED) is 0.465. The molecule has 2 aliphatic rings. The first kappa shape index (κ1) is 31.1. The van der Waals surface area contributed by atoms with Gasteiger partial charge < -0.3 is 25.0 Å². The maximum absolute atomic E-state index is 11.7. The van der Waals surface area contributed by atoms with Gasteiger partial charge in [0.1, 0.15) is 6.61 Å². The Kier molecular flexibility index (Phi) is 11.5. The number of amides is 1. The van der Waals surface area contributed by atoms with Crippen LogP contribution >= 0.6 is 0 Å². The number of carboxylic acid groups (broad SMARTS) is 2. The fraction of sp³-hybridized carbons (Fsp3) is 0.600. The number of alkyl halides is 6. The van der Waals surface area contributed by atoms with Gasteiger partial charge >= 0.3 is 24.3 Å². The lowest BCUT2D eigenvalue weighted by Crippen LogP contribution is -2.44. The highest BCUT2D eigenvalue weighted by Crippen LogP contribution is 2.41. The zero-order valence-corrected chi connectivity index (χ0v) is 18.9. The number of ether oxygens (including phenoxy) is 2. The van der Waals surface area contributed by atoms with Gasteiger partial charge in [-0.3, -0.25) is 14.7 Å². The molecule has 0 saturated carbocycles. The first-order chi connectivity index (χ1) is 16.6. The number of fused-ring (bicyclic) bond motifs is 1. The smallest absolute Gasteiger partial charge is 0.475 e. The van der Waals surface area contributed by atoms with E-state index < -0.39 is 24.3 Å². The van der Waals surface area contributed by atoms with Gasteiger partial charge in [-0.25, -0.2) is 9.59 Å². The second-order valence-electron chi connectivity index (χ2n) is 7.92. The molecular formula is C20H25F6N3O7. The second kappa shape index (κ2) is 13.4. The highest BCUT2D eigenvalue weighted by molar-refractivity contribution is 5.77. The zero-order valence-electron chi connectivity index (χ0n) is 18.9. The van der Waals surface area contributed by atoms with Crippen molar-refractivity contribution in [2.24, 2.45) is 11.3 Å². The first-order valence-electron chi connectivity index (χ1n) is 10.2. The number of halogens is 6. The number of aliphatic carboxylic acids is 2. The Hall–Kier alpha value is -2.98. The molecule has 3 rings (SSSR count). The van der Waals surface area contributed by atoms with Gasteiger partial charge in [-0.15, -0.1) is 0 Å². The summed E-state index contributed by atoms with van der Waals surface area (Å²) in [5, 5.41) is 17.2. The Morgan fingerprint density at radius 1 is 1.19 bits per heavy atom. The van der Waals surface area contributed by atoms with Crippen LogP contribution in [0.5, 0.6) is 0 Å². The molecule has 2 fully saturated rings. The molecule has 0 aliphatic carbocycles. The summed E-state index contributed by atoms with van der Waals surface area (Å²) < 4.78 is 74.0. The molecule has 1 amide bonds. The monoisotopic (exact) mass is 533 g/mol. The van der Waals surface area contributed by atoms with Crippen LogP contribution in [-0.2, 0) is 30.4 Å². The number of aromatic nitrogens is 1. The predicted octanol–water partition coefficient (Wildman–Crippen LogP) is 1.56. The third-order valence-electron chi connectivity index (χ3n) is 5.12. The summed E-state index contributed by atoms with van der Waals surface area (Å²) in [6, 6.07) is 4.07. The van der Waals surface area contributed by atoms with Crippen LogP contribution in [0.25, 0.3) is 0 Å². The van der Waals surface area contributed by atoms with Crippen molar-refractivity contribution in [2.75, 3.05) is 46.6 Å². The van der Waals surface area contributed by atoms with Gasteiger partial charge in [0, 0.05) is 57.0 Å². The summed E-state index contributed by atoms with van der Waals surface area (Å²) in [4.78, 5) is 36.1. The largest absolute Gasteiger partial charge is 0.490 e. The van der Waals surface area contributed by atoms with Crippen molar-refractivity contribution < 1.29 is 60.4 Å². The van der Waals surface area contributed by atoms with Crippen LogP contribution in [0.1, 0.15) is 5.56 Å². The summed E-state index contributed by atoms with van der Waals surface area (Å²) in [6.07, 6.45) is -6.46. The number of carbonyl (C=O) groups is 3. The molecule has 1 aromatic heterocycles. The number of carboxylic acids is 2. The fourth-order valence-corrected chi connectivity index (χ4v) is 3.52. The number of pyridine rings is 1. The fourth-order valence-electron chi connectivity index (χ4n) is 3.52. The molecule has 10 nitrogen and oxygen atoms in total. The molecule has 2 saturated heterocycles. The molecule has 2 aliphatic heterocycles. The molecule has 2 atom stereocenters. The highest BCUT2D eigenvalue weighted by Gasteiger charge is 2.50. The topological polar surface area (TPSA) is 138 Å². The van der Waals surface area contributed by atoms with E-state index in [1.54, 1.807) is 6.20 Å². The van der Waals surface area contributed by atoms with E-state index in [1.165, 1.54) is 12.7 Å². The van der Waals surface area contributed by atoms with Gasteiger partial charge in [0.15, 0.2) is 0 Å². The second-order valence-corrected chi connectivity index (χ2v) is 7.92. The van der Waals surface area contributed by atoms with Crippen LogP contribution in [0.3, 0.4) is 0 Å². The van der Waals surface area contributed by atoms with Crippen molar-refractivity contribution >= 4 is 17.8 Å². The molecule has 204 valence electrons. The summed E-state index contributed by atoms with van der Waals surface area (Å²) in [5.74, 6) is -5.10. The minimum Gasteiger partial charge on any atom is -0.475 e. The predicted molar refractivity (Wildman–Crippen MR) is 109 cm³/mol. The summed E-state index contributed by atoms with van der Waals surface area (Å²) in [5.41, 5.74) is 1.26. The van der Waals surface area contributed by atoms with Gasteiger partial charge in [0.05, 0.1) is 13.2 Å². The van der Waals surface area contributed by atoms with E-state index in [2.05, 4.69) is 21.3 Å². The number of carbonyl (C=O) groups excluding carboxylic acids is 1. The van der Waals surface area contributed by atoms with Crippen LogP contribution in [0.2, 0.25) is 0 Å². The van der Waals surface area contributed by atoms with Crippen LogP contribution in [0.4, 0.5) is 26.3 Å². The summed E-state index contributed by atoms with van der Waals surface area (Å²) >= 11 is 0. The van der Waals surface area contributed by atoms with Crippen molar-refractivity contribution in [3.63, 3.8) is 0 Å². The van der Waals surface area contributed by atoms with Crippen LogP contribution in [0.15, 0.2) is 24.5 Å². The number of likely N-dealkylation sites (tertiary alicyclic amines) is 1. The van der Waals surface area contributed by atoms with Gasteiger partial charge in [-0.05, 0) is 11.6 Å². The van der Waals surface area contributed by atoms with Crippen LogP contribution in [-0.4, -0.2) is 96.9 Å². The van der Waals surface area contributed by atoms with E-state index in [-0.39, 0.29) is 17.9 Å². The van der Waals surface area contributed by atoms with E-state index >= 15 is 0 Å². The van der Waals surface area contributed by atoms with Crippen molar-refractivity contribution in [2.45, 2.75) is 18.9 Å². The highest BCUT2D eigenvalue weighted by atomic mass is 19.4. The lowest BCUT2D eigenvalue weighted by Gasteiger charge is -2.27. The molecule has 0 unspecified atom stereocenters. The van der Waals surface area contributed by atoms with E-state index in [1.807, 2.05) is 12.3 Å². The summed E-state index contributed by atoms with van der Waals surface area (Å²) in [7, 11) is 1.53. The minimum absolute atomic E-state index is 0.0333. The first-order valence-corrected chi connectivity index (χ1v) is 10.2. The van der Waals surface area contributed by atoms with Crippen molar-refractivity contribution in [3.05, 3.63) is 30.1 Å². The molecule has 16 heteroatoms. The molecule has 0 radical (unpaired) electrons. The molecular weight excluding hydrogens is 508 g/mol. The van der Waals surface area contributed by atoms with Crippen LogP contribution < -0.4 is 5.32 Å². The minimum atomic E-state index is -5.08. The maximum atomic E-state index is 11.7. The molecule has 36 heavy (non-hydrogen) atoms. The summed E-state index contributed by atoms with van der Waals surface area (Å²) in [6.45, 7) is 5.12. The molecule has 0 aromatic carbocycles.